The van der Waals surface area contributed by atoms with Gasteiger partial charge in [0.1, 0.15) is 5.75 Å². The molecule has 0 aliphatic carbocycles. The summed E-state index contributed by atoms with van der Waals surface area (Å²) < 4.78 is 5.10. The molecule has 1 heterocycles. The summed E-state index contributed by atoms with van der Waals surface area (Å²) in [5.74, 6) is 1.31. The lowest BCUT2D eigenvalue weighted by Gasteiger charge is -2.16. The zero-order valence-electron chi connectivity index (χ0n) is 10.6. The largest absolute Gasteiger partial charge is 0.497 e. The molecule has 2 rings (SSSR count). The molecule has 1 fully saturated rings. The molecule has 1 aromatic carbocycles. The molecule has 1 saturated heterocycles. The van der Waals surface area contributed by atoms with E-state index in [4.69, 9.17) is 9.84 Å². The molecule has 1 N–H and O–H groups in total. The molecule has 0 spiro atoms. The van der Waals surface area contributed by atoms with Crippen LogP contribution in [0, 0.1) is 5.92 Å². The van der Waals surface area contributed by atoms with E-state index in [0.717, 1.165) is 17.9 Å². The van der Waals surface area contributed by atoms with Crippen molar-refractivity contribution in [2.75, 3.05) is 20.3 Å². The van der Waals surface area contributed by atoms with Crippen LogP contribution in [-0.4, -0.2) is 36.2 Å². The molecule has 4 nitrogen and oxygen atoms in total. The number of hydrogen-bond donors (Lipinski definition) is 1. The smallest absolute Gasteiger partial charge is 0.223 e. The molecule has 1 atom stereocenters. The van der Waals surface area contributed by atoms with Crippen LogP contribution in [0.15, 0.2) is 24.3 Å². The van der Waals surface area contributed by atoms with Crippen molar-refractivity contribution in [2.24, 2.45) is 5.92 Å². The topological polar surface area (TPSA) is 49.8 Å². The predicted octanol–water partition coefficient (Wildman–Crippen LogP) is 1.43. The molecule has 18 heavy (non-hydrogen) atoms. The molecule has 1 aliphatic rings. The first-order valence-electron chi connectivity index (χ1n) is 6.24. The summed E-state index contributed by atoms with van der Waals surface area (Å²) in [5.41, 5.74) is 1.11. The lowest BCUT2D eigenvalue weighted by molar-refractivity contribution is -0.128. The highest BCUT2D eigenvalue weighted by molar-refractivity contribution is 5.78. The third kappa shape index (κ3) is 3.01. The van der Waals surface area contributed by atoms with Gasteiger partial charge in [0.05, 0.1) is 7.11 Å². The van der Waals surface area contributed by atoms with Gasteiger partial charge in [0.15, 0.2) is 0 Å². The molecular weight excluding hydrogens is 230 g/mol. The first-order valence-corrected chi connectivity index (χ1v) is 6.24. The normalized spacial score (nSPS) is 19.3. The summed E-state index contributed by atoms with van der Waals surface area (Å²) in [7, 11) is 1.64. The van der Waals surface area contributed by atoms with Crippen LogP contribution >= 0.6 is 0 Å². The van der Waals surface area contributed by atoms with Gasteiger partial charge in [0.2, 0.25) is 5.91 Å². The van der Waals surface area contributed by atoms with Gasteiger partial charge in [-0.05, 0) is 30.0 Å². The number of nitrogens with zero attached hydrogens (tertiary/aromatic N) is 1. The monoisotopic (exact) mass is 249 g/mol. The number of methoxy groups -OCH3 is 1. The minimum Gasteiger partial charge on any atom is -0.497 e. The standard InChI is InChI=1S/C14H19NO3/c1-18-13-4-2-11(3-5-13)9-15-10-12(6-7-16)8-14(15)17/h2-5,12,16H,6-10H2,1H3. The molecule has 1 aromatic rings. The predicted molar refractivity (Wildman–Crippen MR) is 68.2 cm³/mol. The molecule has 0 aromatic heterocycles. The van der Waals surface area contributed by atoms with Crippen LogP contribution in [0.5, 0.6) is 5.75 Å². The lowest BCUT2D eigenvalue weighted by atomic mass is 10.1. The van der Waals surface area contributed by atoms with Gasteiger partial charge in [-0.2, -0.15) is 0 Å². The van der Waals surface area contributed by atoms with Gasteiger partial charge in [-0.15, -0.1) is 0 Å². The number of aliphatic hydroxyl groups is 1. The van der Waals surface area contributed by atoms with Crippen LogP contribution in [0.3, 0.4) is 0 Å². The Morgan fingerprint density at radius 2 is 2.11 bits per heavy atom. The van der Waals surface area contributed by atoms with E-state index in [2.05, 4.69) is 0 Å². The summed E-state index contributed by atoms with van der Waals surface area (Å²) in [6, 6.07) is 7.76. The van der Waals surface area contributed by atoms with E-state index in [1.54, 1.807) is 7.11 Å². The molecule has 0 bridgehead atoms. The van der Waals surface area contributed by atoms with Gasteiger partial charge >= 0.3 is 0 Å². The molecule has 0 saturated carbocycles. The minimum absolute atomic E-state index is 0.161. The van der Waals surface area contributed by atoms with Gasteiger partial charge < -0.3 is 14.7 Å². The molecule has 98 valence electrons. The summed E-state index contributed by atoms with van der Waals surface area (Å²) in [4.78, 5) is 13.7. The zero-order valence-corrected chi connectivity index (χ0v) is 10.6. The quantitative estimate of drug-likeness (QED) is 0.858. The molecule has 1 amide bonds. The first kappa shape index (κ1) is 12.9. The van der Waals surface area contributed by atoms with Crippen LogP contribution in [0.2, 0.25) is 0 Å². The second kappa shape index (κ2) is 5.87. The van der Waals surface area contributed by atoms with Crippen molar-refractivity contribution in [2.45, 2.75) is 19.4 Å². The van der Waals surface area contributed by atoms with E-state index in [1.807, 2.05) is 29.2 Å². The maximum absolute atomic E-state index is 11.8. The molecule has 1 unspecified atom stereocenters. The van der Waals surface area contributed by atoms with Crippen molar-refractivity contribution in [1.82, 2.24) is 4.90 Å². The number of carbonyl (C=O) groups is 1. The number of aliphatic hydroxyl groups excluding tert-OH is 1. The second-order valence-corrected chi connectivity index (χ2v) is 4.70. The second-order valence-electron chi connectivity index (χ2n) is 4.70. The summed E-state index contributed by atoms with van der Waals surface area (Å²) in [6.07, 6.45) is 1.28. The van der Waals surface area contributed by atoms with Crippen molar-refractivity contribution >= 4 is 5.91 Å². The number of rotatable bonds is 5. The number of likely N-dealkylation sites (tertiary alicyclic amines) is 1. The Balaban J connectivity index is 1.94. The van der Waals surface area contributed by atoms with Crippen LogP contribution in [0.1, 0.15) is 18.4 Å². The van der Waals surface area contributed by atoms with Gasteiger partial charge in [0, 0.05) is 26.1 Å². The lowest BCUT2D eigenvalue weighted by Crippen LogP contribution is -2.24. The van der Waals surface area contributed by atoms with Crippen molar-refractivity contribution in [3.05, 3.63) is 29.8 Å². The minimum atomic E-state index is 0.161. The number of carbonyl (C=O) groups excluding carboxylic acids is 1. The van der Waals surface area contributed by atoms with Crippen molar-refractivity contribution in [3.8, 4) is 5.75 Å². The molecular formula is C14H19NO3. The van der Waals surface area contributed by atoms with Crippen molar-refractivity contribution in [3.63, 3.8) is 0 Å². The maximum atomic E-state index is 11.8. The van der Waals surface area contributed by atoms with Crippen LogP contribution in [0.4, 0.5) is 0 Å². The SMILES string of the molecule is COc1ccc(CN2CC(CCO)CC2=O)cc1. The fourth-order valence-corrected chi connectivity index (χ4v) is 2.33. The van der Waals surface area contributed by atoms with Crippen molar-refractivity contribution in [1.29, 1.82) is 0 Å². The zero-order chi connectivity index (χ0) is 13.0. The summed E-state index contributed by atoms with van der Waals surface area (Å²) in [6.45, 7) is 1.56. The average Bonchev–Trinajstić information content (AvgIpc) is 2.71. The first-order chi connectivity index (χ1) is 8.72. The number of hydrogen-bond acceptors (Lipinski definition) is 3. The Labute approximate surface area is 107 Å². The fourth-order valence-electron chi connectivity index (χ4n) is 2.33. The molecule has 1 aliphatic heterocycles. The molecule has 0 radical (unpaired) electrons. The Kier molecular flexibility index (Phi) is 4.20. The highest BCUT2D eigenvalue weighted by Gasteiger charge is 2.28. The van der Waals surface area contributed by atoms with E-state index >= 15 is 0 Å². The Hall–Kier alpha value is -1.55. The summed E-state index contributed by atoms with van der Waals surface area (Å²) >= 11 is 0. The highest BCUT2D eigenvalue weighted by atomic mass is 16.5. The Bertz CT molecular complexity index is 402. The average molecular weight is 249 g/mol. The Morgan fingerprint density at radius 3 is 2.72 bits per heavy atom. The third-order valence-corrected chi connectivity index (χ3v) is 3.36. The van der Waals surface area contributed by atoms with E-state index in [-0.39, 0.29) is 12.5 Å². The van der Waals surface area contributed by atoms with Gasteiger partial charge in [-0.1, -0.05) is 12.1 Å². The number of ether oxygens (including phenoxy) is 1. The van der Waals surface area contributed by atoms with E-state index in [0.29, 0.717) is 25.3 Å². The van der Waals surface area contributed by atoms with Crippen LogP contribution in [-0.2, 0) is 11.3 Å². The fraction of sp³-hybridized carbons (Fsp3) is 0.500. The third-order valence-electron chi connectivity index (χ3n) is 3.36. The maximum Gasteiger partial charge on any atom is 0.223 e. The van der Waals surface area contributed by atoms with Crippen LogP contribution < -0.4 is 4.74 Å². The van der Waals surface area contributed by atoms with Gasteiger partial charge in [0.25, 0.3) is 0 Å². The number of benzene rings is 1. The number of amides is 1. The van der Waals surface area contributed by atoms with Crippen LogP contribution in [0.25, 0.3) is 0 Å². The van der Waals surface area contributed by atoms with Gasteiger partial charge in [-0.25, -0.2) is 0 Å². The summed E-state index contributed by atoms with van der Waals surface area (Å²) in [5, 5.41) is 8.90. The Morgan fingerprint density at radius 1 is 1.39 bits per heavy atom. The van der Waals surface area contributed by atoms with Gasteiger partial charge in [-0.3, -0.25) is 4.79 Å². The molecule has 4 heteroatoms. The van der Waals surface area contributed by atoms with Crippen molar-refractivity contribution < 1.29 is 14.6 Å². The van der Waals surface area contributed by atoms with E-state index in [9.17, 15) is 4.79 Å². The van der Waals surface area contributed by atoms with E-state index < -0.39 is 0 Å². The van der Waals surface area contributed by atoms with E-state index in [1.165, 1.54) is 0 Å². The highest BCUT2D eigenvalue weighted by Crippen LogP contribution is 2.23.